The van der Waals surface area contributed by atoms with Crippen LogP contribution in [0.1, 0.15) is 34.1 Å². The van der Waals surface area contributed by atoms with Crippen molar-refractivity contribution in [2.75, 3.05) is 14.2 Å². The predicted molar refractivity (Wildman–Crippen MR) is 116 cm³/mol. The number of hydrogen-bond donors (Lipinski definition) is 2. The molecular formula is C24H24N2O5. The zero-order valence-corrected chi connectivity index (χ0v) is 17.6. The van der Waals surface area contributed by atoms with Gasteiger partial charge in [0.05, 0.1) is 26.7 Å². The van der Waals surface area contributed by atoms with Crippen LogP contribution in [0, 0.1) is 6.92 Å². The van der Waals surface area contributed by atoms with Crippen LogP contribution in [0.3, 0.4) is 0 Å². The SMILES string of the molecule is COc1ccccc1-c1nc(C(=O)NC(CC(=O)O)c2ccc(C)cc2)ccc1OC. The Balaban J connectivity index is 1.95. The quantitative estimate of drug-likeness (QED) is 0.571. The molecule has 0 saturated heterocycles. The smallest absolute Gasteiger partial charge is 0.305 e. The molecule has 0 radical (unpaired) electrons. The molecule has 1 aromatic heterocycles. The number of nitrogens with one attached hydrogen (secondary N) is 1. The Kier molecular flexibility index (Phi) is 6.87. The van der Waals surface area contributed by atoms with E-state index in [9.17, 15) is 14.7 Å². The van der Waals surface area contributed by atoms with E-state index in [0.717, 1.165) is 5.56 Å². The lowest BCUT2D eigenvalue weighted by molar-refractivity contribution is -0.137. The van der Waals surface area contributed by atoms with Crippen molar-refractivity contribution in [3.63, 3.8) is 0 Å². The summed E-state index contributed by atoms with van der Waals surface area (Å²) in [5.74, 6) is -0.412. The number of nitrogens with zero attached hydrogens (tertiary/aromatic N) is 1. The third-order valence-corrected chi connectivity index (χ3v) is 4.84. The molecule has 0 saturated carbocycles. The van der Waals surface area contributed by atoms with Crippen LogP contribution in [-0.2, 0) is 4.79 Å². The number of rotatable bonds is 8. The standard InChI is InChI=1S/C24H24N2O5/c1-15-8-10-16(11-9-15)19(14-22(27)28)26-24(29)18-12-13-21(31-3)23(25-18)17-6-4-5-7-20(17)30-2/h4-13,19H,14H2,1-3H3,(H,26,29)(H,27,28). The number of hydrogen-bond acceptors (Lipinski definition) is 5. The molecule has 1 heterocycles. The number of para-hydroxylation sites is 1. The first-order chi connectivity index (χ1) is 14.9. The second-order valence-electron chi connectivity index (χ2n) is 6.98. The number of aryl methyl sites for hydroxylation is 1. The molecule has 0 aliphatic rings. The van der Waals surface area contributed by atoms with E-state index in [0.29, 0.717) is 28.3 Å². The van der Waals surface area contributed by atoms with E-state index >= 15 is 0 Å². The summed E-state index contributed by atoms with van der Waals surface area (Å²) in [7, 11) is 3.08. The third kappa shape index (κ3) is 5.19. The maximum absolute atomic E-state index is 13.0. The summed E-state index contributed by atoms with van der Waals surface area (Å²) in [6.07, 6.45) is -0.246. The van der Waals surface area contributed by atoms with Crippen LogP contribution >= 0.6 is 0 Å². The second kappa shape index (κ2) is 9.75. The fourth-order valence-electron chi connectivity index (χ4n) is 3.23. The van der Waals surface area contributed by atoms with Gasteiger partial charge in [-0.05, 0) is 36.8 Å². The van der Waals surface area contributed by atoms with Gasteiger partial charge >= 0.3 is 5.97 Å². The Labute approximate surface area is 180 Å². The van der Waals surface area contributed by atoms with Gasteiger partial charge in [-0.1, -0.05) is 42.0 Å². The highest BCUT2D eigenvalue weighted by molar-refractivity contribution is 5.94. The zero-order valence-electron chi connectivity index (χ0n) is 17.6. The van der Waals surface area contributed by atoms with Gasteiger partial charge in [-0.2, -0.15) is 0 Å². The lowest BCUT2D eigenvalue weighted by Crippen LogP contribution is -2.31. The topological polar surface area (TPSA) is 97.8 Å². The molecule has 160 valence electrons. The van der Waals surface area contributed by atoms with E-state index in [4.69, 9.17) is 9.47 Å². The van der Waals surface area contributed by atoms with Crippen LogP contribution in [0.4, 0.5) is 0 Å². The number of benzene rings is 2. The highest BCUT2D eigenvalue weighted by Crippen LogP contribution is 2.34. The fraction of sp³-hybridized carbons (Fsp3) is 0.208. The maximum atomic E-state index is 13.0. The Bertz CT molecular complexity index is 1080. The largest absolute Gasteiger partial charge is 0.496 e. The fourth-order valence-corrected chi connectivity index (χ4v) is 3.23. The van der Waals surface area contributed by atoms with Gasteiger partial charge in [0, 0.05) is 5.56 Å². The molecule has 3 rings (SSSR count). The van der Waals surface area contributed by atoms with E-state index < -0.39 is 17.9 Å². The highest BCUT2D eigenvalue weighted by Gasteiger charge is 2.21. The molecule has 31 heavy (non-hydrogen) atoms. The van der Waals surface area contributed by atoms with Crippen molar-refractivity contribution in [2.24, 2.45) is 0 Å². The summed E-state index contributed by atoms with van der Waals surface area (Å²) < 4.78 is 10.8. The van der Waals surface area contributed by atoms with Gasteiger partial charge in [-0.3, -0.25) is 9.59 Å². The molecular weight excluding hydrogens is 396 g/mol. The normalized spacial score (nSPS) is 11.5. The molecule has 3 aromatic rings. The number of amides is 1. The van der Waals surface area contributed by atoms with Crippen molar-refractivity contribution in [3.05, 3.63) is 77.5 Å². The Hall–Kier alpha value is -3.87. The van der Waals surface area contributed by atoms with Crippen molar-refractivity contribution < 1.29 is 24.2 Å². The minimum absolute atomic E-state index is 0.143. The molecule has 1 amide bonds. The lowest BCUT2D eigenvalue weighted by Gasteiger charge is -2.18. The van der Waals surface area contributed by atoms with Crippen LogP contribution in [0.2, 0.25) is 0 Å². The molecule has 0 fully saturated rings. The van der Waals surface area contributed by atoms with Crippen molar-refractivity contribution in [1.82, 2.24) is 10.3 Å². The van der Waals surface area contributed by atoms with E-state index in [1.165, 1.54) is 7.11 Å². The molecule has 7 heteroatoms. The van der Waals surface area contributed by atoms with Crippen molar-refractivity contribution >= 4 is 11.9 Å². The molecule has 0 aliphatic heterocycles. The van der Waals surface area contributed by atoms with Gasteiger partial charge in [0.15, 0.2) is 0 Å². The van der Waals surface area contributed by atoms with Crippen LogP contribution in [-0.4, -0.2) is 36.2 Å². The average Bonchev–Trinajstić information content (AvgIpc) is 2.78. The number of aliphatic carboxylic acids is 1. The number of carboxylic acids is 1. The summed E-state index contributed by atoms with van der Waals surface area (Å²) in [6.45, 7) is 1.94. The molecule has 1 atom stereocenters. The number of carbonyl (C=O) groups is 2. The van der Waals surface area contributed by atoms with Crippen LogP contribution < -0.4 is 14.8 Å². The monoisotopic (exact) mass is 420 g/mol. The van der Waals surface area contributed by atoms with Gasteiger partial charge in [0.1, 0.15) is 22.9 Å². The Morgan fingerprint density at radius 3 is 2.29 bits per heavy atom. The van der Waals surface area contributed by atoms with E-state index in [2.05, 4.69) is 10.3 Å². The molecule has 0 bridgehead atoms. The van der Waals surface area contributed by atoms with Crippen molar-refractivity contribution in [3.8, 4) is 22.8 Å². The van der Waals surface area contributed by atoms with Crippen molar-refractivity contribution in [2.45, 2.75) is 19.4 Å². The minimum atomic E-state index is -1.01. The first kappa shape index (κ1) is 21.8. The first-order valence-electron chi connectivity index (χ1n) is 9.70. The van der Waals surface area contributed by atoms with Gasteiger partial charge < -0.3 is 19.9 Å². The van der Waals surface area contributed by atoms with Crippen LogP contribution in [0.5, 0.6) is 11.5 Å². The van der Waals surface area contributed by atoms with Gasteiger partial charge in [0.25, 0.3) is 5.91 Å². The van der Waals surface area contributed by atoms with Gasteiger partial charge in [-0.15, -0.1) is 0 Å². The average molecular weight is 420 g/mol. The molecule has 0 spiro atoms. The summed E-state index contributed by atoms with van der Waals surface area (Å²) in [6, 6.07) is 17.2. The highest BCUT2D eigenvalue weighted by atomic mass is 16.5. The maximum Gasteiger partial charge on any atom is 0.305 e. The predicted octanol–water partition coefficient (Wildman–Crippen LogP) is 4.02. The minimum Gasteiger partial charge on any atom is -0.496 e. The van der Waals surface area contributed by atoms with Gasteiger partial charge in [0.2, 0.25) is 0 Å². The summed E-state index contributed by atoms with van der Waals surface area (Å²) >= 11 is 0. The van der Waals surface area contributed by atoms with Gasteiger partial charge in [-0.25, -0.2) is 4.98 Å². The number of carboxylic acid groups (broad SMARTS) is 1. The first-order valence-corrected chi connectivity index (χ1v) is 9.70. The molecule has 7 nitrogen and oxygen atoms in total. The lowest BCUT2D eigenvalue weighted by atomic mass is 10.0. The van der Waals surface area contributed by atoms with E-state index in [1.54, 1.807) is 25.3 Å². The van der Waals surface area contributed by atoms with E-state index in [1.807, 2.05) is 49.4 Å². The number of carbonyl (C=O) groups excluding carboxylic acids is 1. The van der Waals surface area contributed by atoms with Crippen LogP contribution in [0.25, 0.3) is 11.3 Å². The van der Waals surface area contributed by atoms with Crippen molar-refractivity contribution in [1.29, 1.82) is 0 Å². The summed E-state index contributed by atoms with van der Waals surface area (Å²) in [5, 5.41) is 12.1. The molecule has 1 unspecified atom stereocenters. The Morgan fingerprint density at radius 1 is 0.968 bits per heavy atom. The Morgan fingerprint density at radius 2 is 1.65 bits per heavy atom. The second-order valence-corrected chi connectivity index (χ2v) is 6.98. The zero-order chi connectivity index (χ0) is 22.4. The number of methoxy groups -OCH3 is 2. The summed E-state index contributed by atoms with van der Waals surface area (Å²) in [5.41, 5.74) is 3.03. The molecule has 0 aliphatic carbocycles. The van der Waals surface area contributed by atoms with E-state index in [-0.39, 0.29) is 12.1 Å². The number of pyridine rings is 1. The van der Waals surface area contributed by atoms with Crippen LogP contribution in [0.15, 0.2) is 60.7 Å². The third-order valence-electron chi connectivity index (χ3n) is 4.84. The number of ether oxygens (including phenoxy) is 2. The number of aromatic nitrogens is 1. The molecule has 2 aromatic carbocycles. The molecule has 2 N–H and O–H groups in total. The summed E-state index contributed by atoms with van der Waals surface area (Å²) in [4.78, 5) is 28.8.